The maximum Gasteiger partial charge on any atom is 0.0366 e. The summed E-state index contributed by atoms with van der Waals surface area (Å²) in [4.78, 5) is 10.5. The number of hydrogen-bond acceptors (Lipinski definition) is 3. The van der Waals surface area contributed by atoms with Crippen molar-refractivity contribution in [2.24, 2.45) is 0 Å². The van der Waals surface area contributed by atoms with Gasteiger partial charge in [0.25, 0.3) is 0 Å². The van der Waals surface area contributed by atoms with E-state index in [9.17, 15) is 0 Å². The van der Waals surface area contributed by atoms with Crippen molar-refractivity contribution in [2.45, 2.75) is 0 Å². The van der Waals surface area contributed by atoms with Gasteiger partial charge in [-0.3, -0.25) is 4.98 Å². The summed E-state index contributed by atoms with van der Waals surface area (Å²) in [6, 6.07) is 85.4. The molecule has 0 unspecified atom stereocenters. The number of fused-ring (bicyclic) bond motifs is 11. The zero-order valence-corrected chi connectivity index (χ0v) is 41.5. The first-order valence-electron chi connectivity index (χ1n) is 23.1. The summed E-state index contributed by atoms with van der Waals surface area (Å²) in [6.45, 7) is 0. The third-order valence-electron chi connectivity index (χ3n) is 13.8. The molecule has 0 bridgehead atoms. The van der Waals surface area contributed by atoms with Crippen LogP contribution in [0.1, 0.15) is 0 Å². The molecule has 0 atom stereocenters. The first kappa shape index (κ1) is 42.1. The van der Waals surface area contributed by atoms with Crippen LogP contribution in [-0.4, -0.2) is 29.5 Å². The molecule has 13 aromatic rings. The first-order chi connectivity index (χ1) is 34.0. The van der Waals surface area contributed by atoms with Crippen LogP contribution in [-0.2, 0) is 11.8 Å². The number of imidazole rings is 1. The van der Waals surface area contributed by atoms with Gasteiger partial charge in [-0.25, -0.2) is 0 Å². The van der Waals surface area contributed by atoms with Crippen molar-refractivity contribution < 1.29 is 0 Å². The summed E-state index contributed by atoms with van der Waals surface area (Å²) < 4.78 is 2.41. The van der Waals surface area contributed by atoms with E-state index < -0.39 is 11.5 Å². The van der Waals surface area contributed by atoms with E-state index in [4.69, 9.17) is 21.8 Å². The first-order valence-corrected chi connectivity index (χ1v) is 29.9. The average molecular weight is 1000 g/mol. The fraction of sp³-hybridized carbons (Fsp3) is 0. The molecule has 0 aliphatic heterocycles. The summed E-state index contributed by atoms with van der Waals surface area (Å²) in [7, 11) is 0. The Morgan fingerprint density at radius 3 is 1.62 bits per heavy atom. The Hall–Kier alpha value is -7.06. The van der Waals surface area contributed by atoms with E-state index in [1.807, 2.05) is 18.3 Å². The molecule has 326 valence electrons. The maximum atomic E-state index is 6.64. The summed E-state index contributed by atoms with van der Waals surface area (Å²) in [6.07, 6.45) is 2.01. The number of aromatic nitrogens is 3. The van der Waals surface area contributed by atoms with E-state index in [-0.39, 0.29) is 0 Å². The van der Waals surface area contributed by atoms with Gasteiger partial charge < -0.3 is 0 Å². The van der Waals surface area contributed by atoms with Gasteiger partial charge in [0, 0.05) is 23.1 Å². The SMILES string of the molecule is S=P(c1ccccc1)(c1ccccc1)c1ccc(-c2ccc3c(ccc4c5ccccc5c5nc6ccc(-c7ccc(P(=[Se])(c8ccccc8)c8ccccc8)c8ccccc78)cc6n5c34)c2)nc1. The molecule has 0 saturated heterocycles. The molecular formula is C62H41N3P2SSe. The van der Waals surface area contributed by atoms with Gasteiger partial charge in [0.2, 0.25) is 0 Å². The second-order valence-corrected chi connectivity index (χ2v) is 28.1. The minimum Gasteiger partial charge on any atom is -0.256 e. The second-order valence-electron chi connectivity index (χ2n) is 17.6. The monoisotopic (exact) mass is 1000 g/mol. The van der Waals surface area contributed by atoms with E-state index in [1.165, 1.54) is 43.0 Å². The molecule has 0 N–H and O–H groups in total. The molecule has 0 saturated carbocycles. The second kappa shape index (κ2) is 16.9. The summed E-state index contributed by atoms with van der Waals surface area (Å²) in [5, 5.41) is 15.7. The number of rotatable bonds is 8. The average Bonchev–Trinajstić information content (AvgIpc) is 3.82. The number of nitrogens with zero attached hydrogens (tertiary/aromatic N) is 3. The van der Waals surface area contributed by atoms with Crippen LogP contribution in [0.5, 0.6) is 0 Å². The Balaban J connectivity index is 0.971. The molecule has 3 aromatic heterocycles. The summed E-state index contributed by atoms with van der Waals surface area (Å²) in [5.41, 5.74) is 6.33. The molecule has 7 heteroatoms. The Kier molecular flexibility index (Phi) is 10.3. The number of hydrogen-bond donors (Lipinski definition) is 0. The molecular weight excluding hydrogens is 960 g/mol. The van der Waals surface area contributed by atoms with Crippen molar-refractivity contribution in [3.63, 3.8) is 0 Å². The minimum absolute atomic E-state index is 0.913. The van der Waals surface area contributed by atoms with Gasteiger partial charge in [-0.05, 0) is 28.8 Å². The molecule has 0 aliphatic carbocycles. The number of pyridine rings is 2. The van der Waals surface area contributed by atoms with Crippen LogP contribution in [0.3, 0.4) is 0 Å². The molecule has 69 heavy (non-hydrogen) atoms. The van der Waals surface area contributed by atoms with Crippen LogP contribution in [0.4, 0.5) is 0 Å². The quantitative estimate of drug-likeness (QED) is 0.0863. The normalized spacial score (nSPS) is 12.2. The van der Waals surface area contributed by atoms with Gasteiger partial charge in [-0.15, -0.1) is 0 Å². The fourth-order valence-electron chi connectivity index (χ4n) is 10.5. The largest absolute Gasteiger partial charge is 0.256 e. The fourth-order valence-corrected chi connectivity index (χ4v) is 19.5. The van der Waals surface area contributed by atoms with Crippen molar-refractivity contribution in [1.29, 1.82) is 0 Å². The number of benzene rings is 10. The van der Waals surface area contributed by atoms with Crippen LogP contribution in [0, 0.1) is 0 Å². The van der Waals surface area contributed by atoms with Gasteiger partial charge in [-0.2, -0.15) is 0 Å². The minimum atomic E-state index is -2.32. The van der Waals surface area contributed by atoms with E-state index in [2.05, 4.69) is 250 Å². The molecule has 3 nitrogen and oxygen atoms in total. The van der Waals surface area contributed by atoms with Crippen molar-refractivity contribution >= 4 is 130 Å². The van der Waals surface area contributed by atoms with Gasteiger partial charge in [0.05, 0.1) is 5.69 Å². The maximum absolute atomic E-state index is 6.64. The molecule has 0 aliphatic rings. The third kappa shape index (κ3) is 6.76. The van der Waals surface area contributed by atoms with E-state index >= 15 is 0 Å². The standard InChI is InChI=1S/C62H41N3P2SSe/c68-66(45-17-5-1-6-18-45,46-19-7-2-8-20-46)49-32-37-57(63-41-49)44-30-33-51-42(39-44)29-34-55-53-26-14-16-28-56(53)62-64-58-36-31-43(40-59(58)65(62)61(51)55)50-35-38-60(54-27-15-13-25-52(50)54)67(69,47-21-9-3-10-22-47)48-23-11-4-12-24-48/h1-41H. The van der Waals surface area contributed by atoms with E-state index in [0.717, 1.165) is 71.1 Å². The van der Waals surface area contributed by atoms with E-state index in [0.29, 0.717) is 0 Å². The van der Waals surface area contributed by atoms with Crippen LogP contribution in [0.2, 0.25) is 0 Å². The predicted molar refractivity (Wildman–Crippen MR) is 302 cm³/mol. The zero-order valence-electron chi connectivity index (χ0n) is 37.2. The molecule has 10 aromatic carbocycles. The van der Waals surface area contributed by atoms with E-state index in [1.54, 1.807) is 0 Å². The molecule has 3 heterocycles. The van der Waals surface area contributed by atoms with Crippen LogP contribution in [0.25, 0.3) is 82.3 Å². The van der Waals surface area contributed by atoms with Crippen LogP contribution in [0.15, 0.2) is 249 Å². The molecule has 0 fully saturated rings. The van der Waals surface area contributed by atoms with Crippen molar-refractivity contribution in [3.8, 4) is 22.4 Å². The van der Waals surface area contributed by atoms with Gasteiger partial charge >= 0.3 is 250 Å². The van der Waals surface area contributed by atoms with Gasteiger partial charge in [-0.1, -0.05) is 103 Å². The summed E-state index contributed by atoms with van der Waals surface area (Å²) in [5.74, 6) is 0. The predicted octanol–water partition coefficient (Wildman–Crippen LogP) is 13.0. The third-order valence-corrected chi connectivity index (χ3v) is 25.7. The van der Waals surface area contributed by atoms with Crippen LogP contribution < -0.4 is 31.8 Å². The van der Waals surface area contributed by atoms with Gasteiger partial charge in [0.15, 0.2) is 0 Å². The zero-order chi connectivity index (χ0) is 46.1. The molecule has 0 spiro atoms. The molecule has 13 rings (SSSR count). The smallest absolute Gasteiger partial charge is 0.0366 e. The van der Waals surface area contributed by atoms with Crippen molar-refractivity contribution in [2.75, 3.05) is 0 Å². The van der Waals surface area contributed by atoms with Crippen LogP contribution >= 0.6 is 11.5 Å². The van der Waals surface area contributed by atoms with Gasteiger partial charge in [0.1, 0.15) is 0 Å². The summed E-state index contributed by atoms with van der Waals surface area (Å²) >= 11 is 10.4. The van der Waals surface area contributed by atoms with Crippen molar-refractivity contribution in [1.82, 2.24) is 14.4 Å². The Labute approximate surface area is 413 Å². The Bertz CT molecular complexity index is 4150. The Morgan fingerprint density at radius 2 is 0.986 bits per heavy atom. The molecule has 0 radical (unpaired) electrons. The Morgan fingerprint density at radius 1 is 0.420 bits per heavy atom. The molecule has 0 amide bonds. The topological polar surface area (TPSA) is 30.2 Å². The van der Waals surface area contributed by atoms with Crippen molar-refractivity contribution in [3.05, 3.63) is 249 Å².